The van der Waals surface area contributed by atoms with E-state index >= 15 is 0 Å². The molecule has 14 heavy (non-hydrogen) atoms. The van der Waals surface area contributed by atoms with E-state index in [1.807, 2.05) is 43.1 Å². The van der Waals surface area contributed by atoms with Crippen molar-refractivity contribution in [1.29, 1.82) is 5.26 Å². The molecule has 0 unspecified atom stereocenters. The van der Waals surface area contributed by atoms with E-state index < -0.39 is 0 Å². The molecule has 0 amide bonds. The second-order valence-electron chi connectivity index (χ2n) is 2.94. The normalized spacial score (nSPS) is 8.36. The van der Waals surface area contributed by atoms with Crippen LogP contribution >= 0.6 is 0 Å². The Bertz CT molecular complexity index is 387. The van der Waals surface area contributed by atoms with Crippen LogP contribution in [0.3, 0.4) is 0 Å². The van der Waals surface area contributed by atoms with Crippen molar-refractivity contribution in [3.8, 4) is 17.9 Å². The van der Waals surface area contributed by atoms with Crippen LogP contribution in [0.25, 0.3) is 0 Å². The number of hydrogen-bond acceptors (Lipinski definition) is 2. The van der Waals surface area contributed by atoms with E-state index in [0.29, 0.717) is 12.1 Å². The highest BCUT2D eigenvalue weighted by Gasteiger charge is 1.97. The maximum absolute atomic E-state index is 8.62. The first-order chi connectivity index (χ1) is 6.77. The van der Waals surface area contributed by atoms with E-state index in [1.165, 1.54) is 0 Å². The molecular formula is C12H12N2. The van der Waals surface area contributed by atoms with Gasteiger partial charge in [-0.3, -0.25) is 0 Å². The SMILES string of the molecule is CC#CCN(C)c1ccc(C#N)cc1. The van der Waals surface area contributed by atoms with Gasteiger partial charge in [-0.05, 0) is 31.2 Å². The quantitative estimate of drug-likeness (QED) is 0.657. The first-order valence-corrected chi connectivity index (χ1v) is 4.39. The second-order valence-corrected chi connectivity index (χ2v) is 2.94. The van der Waals surface area contributed by atoms with E-state index in [2.05, 4.69) is 17.9 Å². The summed E-state index contributed by atoms with van der Waals surface area (Å²) in [5, 5.41) is 8.62. The molecule has 0 saturated carbocycles. The summed E-state index contributed by atoms with van der Waals surface area (Å²) < 4.78 is 0. The Hall–Kier alpha value is -1.93. The molecule has 0 aromatic heterocycles. The van der Waals surface area contributed by atoms with Gasteiger partial charge in [0.15, 0.2) is 0 Å². The van der Waals surface area contributed by atoms with Gasteiger partial charge >= 0.3 is 0 Å². The molecule has 1 aromatic rings. The minimum Gasteiger partial charge on any atom is -0.363 e. The van der Waals surface area contributed by atoms with Gasteiger partial charge in [0, 0.05) is 12.7 Å². The molecule has 1 rings (SSSR count). The topological polar surface area (TPSA) is 27.0 Å². The first-order valence-electron chi connectivity index (χ1n) is 4.39. The Morgan fingerprint density at radius 1 is 1.29 bits per heavy atom. The number of rotatable bonds is 2. The van der Waals surface area contributed by atoms with Crippen molar-refractivity contribution in [2.75, 3.05) is 18.5 Å². The van der Waals surface area contributed by atoms with Crippen LogP contribution in [0.2, 0.25) is 0 Å². The molecule has 0 heterocycles. The zero-order chi connectivity index (χ0) is 10.4. The largest absolute Gasteiger partial charge is 0.363 e. The predicted octanol–water partition coefficient (Wildman–Crippen LogP) is 2.02. The molecule has 0 fully saturated rings. The highest BCUT2D eigenvalue weighted by molar-refractivity contribution is 5.49. The van der Waals surface area contributed by atoms with Crippen molar-refractivity contribution < 1.29 is 0 Å². The minimum absolute atomic E-state index is 0.684. The molecule has 2 heteroatoms. The number of nitriles is 1. The van der Waals surface area contributed by atoms with E-state index in [9.17, 15) is 0 Å². The summed E-state index contributed by atoms with van der Waals surface area (Å²) in [7, 11) is 1.98. The third kappa shape index (κ3) is 2.54. The van der Waals surface area contributed by atoms with Crippen LogP contribution in [0.1, 0.15) is 12.5 Å². The van der Waals surface area contributed by atoms with Crippen LogP contribution in [0.4, 0.5) is 5.69 Å². The first kappa shape index (κ1) is 10.2. The van der Waals surface area contributed by atoms with Gasteiger partial charge in [-0.25, -0.2) is 0 Å². The minimum atomic E-state index is 0.684. The summed E-state index contributed by atoms with van der Waals surface area (Å²) in [5.41, 5.74) is 1.76. The lowest BCUT2D eigenvalue weighted by atomic mass is 10.2. The second kappa shape index (κ2) is 4.94. The standard InChI is InChI=1S/C12H12N2/c1-3-4-9-14(2)12-7-5-11(10-13)6-8-12/h5-8H,9H2,1-2H3. The molecule has 1 aromatic carbocycles. The summed E-state index contributed by atoms with van der Waals surface area (Å²) in [5.74, 6) is 5.83. The molecule has 0 bridgehead atoms. The third-order valence-corrected chi connectivity index (χ3v) is 1.93. The van der Waals surface area contributed by atoms with Crippen LogP contribution in [0, 0.1) is 23.2 Å². The lowest BCUT2D eigenvalue weighted by molar-refractivity contribution is 1.05. The fourth-order valence-corrected chi connectivity index (χ4v) is 1.08. The van der Waals surface area contributed by atoms with Crippen LogP contribution in [-0.2, 0) is 0 Å². The molecular weight excluding hydrogens is 172 g/mol. The lowest BCUT2D eigenvalue weighted by Crippen LogP contribution is -2.16. The zero-order valence-electron chi connectivity index (χ0n) is 8.41. The Kier molecular flexibility index (Phi) is 3.58. The van der Waals surface area contributed by atoms with Crippen LogP contribution in [-0.4, -0.2) is 13.6 Å². The van der Waals surface area contributed by atoms with E-state index in [4.69, 9.17) is 5.26 Å². The monoisotopic (exact) mass is 184 g/mol. The predicted molar refractivity (Wildman–Crippen MR) is 57.9 cm³/mol. The molecule has 0 spiro atoms. The molecule has 0 saturated heterocycles. The van der Waals surface area contributed by atoms with Gasteiger partial charge in [0.2, 0.25) is 0 Å². The molecule has 0 aliphatic carbocycles. The third-order valence-electron chi connectivity index (χ3n) is 1.93. The summed E-state index contributed by atoms with van der Waals surface area (Å²) in [4.78, 5) is 2.04. The van der Waals surface area contributed by atoms with Crippen molar-refractivity contribution >= 4 is 5.69 Å². The van der Waals surface area contributed by atoms with Gasteiger partial charge in [0.05, 0.1) is 18.2 Å². The van der Waals surface area contributed by atoms with Gasteiger partial charge in [0.25, 0.3) is 0 Å². The molecule has 0 aliphatic rings. The number of nitrogens with zero attached hydrogens (tertiary/aromatic N) is 2. The Balaban J connectivity index is 2.75. The maximum Gasteiger partial charge on any atom is 0.0991 e. The Morgan fingerprint density at radius 3 is 2.43 bits per heavy atom. The highest BCUT2D eigenvalue weighted by atomic mass is 15.1. The van der Waals surface area contributed by atoms with Crippen molar-refractivity contribution in [3.05, 3.63) is 29.8 Å². The average Bonchev–Trinajstić information content (AvgIpc) is 2.26. The Morgan fingerprint density at radius 2 is 1.93 bits per heavy atom. The van der Waals surface area contributed by atoms with Gasteiger partial charge < -0.3 is 4.90 Å². The van der Waals surface area contributed by atoms with Crippen molar-refractivity contribution in [3.63, 3.8) is 0 Å². The number of hydrogen-bond donors (Lipinski definition) is 0. The lowest BCUT2D eigenvalue weighted by Gasteiger charge is -2.15. The zero-order valence-corrected chi connectivity index (χ0v) is 8.41. The smallest absolute Gasteiger partial charge is 0.0991 e. The molecule has 70 valence electrons. The maximum atomic E-state index is 8.62. The average molecular weight is 184 g/mol. The van der Waals surface area contributed by atoms with Crippen LogP contribution in [0.15, 0.2) is 24.3 Å². The molecule has 0 N–H and O–H groups in total. The highest BCUT2D eigenvalue weighted by Crippen LogP contribution is 2.12. The molecule has 0 aliphatic heterocycles. The van der Waals surface area contributed by atoms with Crippen molar-refractivity contribution in [2.24, 2.45) is 0 Å². The molecule has 2 nitrogen and oxygen atoms in total. The van der Waals surface area contributed by atoms with Gasteiger partial charge in [-0.15, -0.1) is 5.92 Å². The summed E-state index contributed by atoms with van der Waals surface area (Å²) in [6.07, 6.45) is 0. The number of anilines is 1. The molecule has 0 atom stereocenters. The fourth-order valence-electron chi connectivity index (χ4n) is 1.08. The fraction of sp³-hybridized carbons (Fsp3) is 0.250. The van der Waals surface area contributed by atoms with Gasteiger partial charge in [-0.1, -0.05) is 5.92 Å². The van der Waals surface area contributed by atoms with Gasteiger partial charge in [0.1, 0.15) is 0 Å². The van der Waals surface area contributed by atoms with Gasteiger partial charge in [-0.2, -0.15) is 5.26 Å². The Labute approximate surface area is 84.8 Å². The molecule has 0 radical (unpaired) electrons. The van der Waals surface area contributed by atoms with E-state index in [-0.39, 0.29) is 0 Å². The van der Waals surface area contributed by atoms with Crippen molar-refractivity contribution in [2.45, 2.75) is 6.92 Å². The van der Waals surface area contributed by atoms with E-state index in [0.717, 1.165) is 5.69 Å². The van der Waals surface area contributed by atoms with Crippen LogP contribution < -0.4 is 4.90 Å². The van der Waals surface area contributed by atoms with E-state index in [1.54, 1.807) is 0 Å². The van der Waals surface area contributed by atoms with Crippen molar-refractivity contribution in [1.82, 2.24) is 0 Å². The van der Waals surface area contributed by atoms with Crippen LogP contribution in [0.5, 0.6) is 0 Å². The number of benzene rings is 1. The summed E-state index contributed by atoms with van der Waals surface area (Å²) in [6, 6.07) is 9.56. The summed E-state index contributed by atoms with van der Waals surface area (Å²) >= 11 is 0. The summed E-state index contributed by atoms with van der Waals surface area (Å²) in [6.45, 7) is 2.54.